The lowest BCUT2D eigenvalue weighted by Gasteiger charge is -2.39. The van der Waals surface area contributed by atoms with Crippen LogP contribution >= 0.6 is 8.53 Å². The number of methoxy groups -OCH3 is 2. The molecule has 11 nitrogen and oxygen atoms in total. The summed E-state index contributed by atoms with van der Waals surface area (Å²) in [7, 11) is 1.75. The first kappa shape index (κ1) is 40.4. The molecule has 0 radical (unpaired) electrons. The van der Waals surface area contributed by atoms with Crippen molar-refractivity contribution in [3.05, 3.63) is 120 Å². The molecule has 0 aliphatic carbocycles. The van der Waals surface area contributed by atoms with Crippen molar-refractivity contribution in [2.45, 2.75) is 89.9 Å². The second-order valence-electron chi connectivity index (χ2n) is 13.6. The van der Waals surface area contributed by atoms with E-state index in [0.29, 0.717) is 25.0 Å². The Labute approximate surface area is 315 Å². The molecule has 1 amide bonds. The topological polar surface area (TPSA) is 111 Å². The maximum Gasteiger partial charge on any atom is 0.259 e. The predicted molar refractivity (Wildman–Crippen MR) is 206 cm³/mol. The smallest absolute Gasteiger partial charge is 0.259 e. The van der Waals surface area contributed by atoms with Crippen molar-refractivity contribution in [3.8, 4) is 11.5 Å². The number of aliphatic hydroxyl groups excluding tert-OH is 1. The highest BCUT2D eigenvalue weighted by Gasteiger charge is 2.46. The molecule has 1 saturated heterocycles. The van der Waals surface area contributed by atoms with Gasteiger partial charge in [0.05, 0.1) is 33.5 Å². The molecular weight excluding hydrogens is 693 g/mol. The van der Waals surface area contributed by atoms with Crippen LogP contribution in [0, 0.1) is 0 Å². The van der Waals surface area contributed by atoms with E-state index in [1.165, 1.54) is 0 Å². The third-order valence-corrected chi connectivity index (χ3v) is 11.5. The summed E-state index contributed by atoms with van der Waals surface area (Å²) >= 11 is 0. The Bertz CT molecular complexity index is 1600. The highest BCUT2D eigenvalue weighted by atomic mass is 31.2. The minimum atomic E-state index is -1.54. The summed E-state index contributed by atoms with van der Waals surface area (Å²) in [5, 5.41) is 13.6. The van der Waals surface area contributed by atoms with Crippen LogP contribution in [0.15, 0.2) is 103 Å². The normalized spacial score (nSPS) is 21.2. The van der Waals surface area contributed by atoms with Gasteiger partial charge in [-0.3, -0.25) is 4.79 Å². The van der Waals surface area contributed by atoms with E-state index in [4.69, 9.17) is 28.0 Å². The van der Waals surface area contributed by atoms with Gasteiger partial charge in [0, 0.05) is 30.3 Å². The van der Waals surface area contributed by atoms with Crippen LogP contribution in [0.5, 0.6) is 11.5 Å². The molecule has 2 N–H and O–H groups in total. The fraction of sp³-hybridized carbons (Fsp3) is 0.439. The highest BCUT2D eigenvalue weighted by molar-refractivity contribution is 7.44. The standard InChI is InChI=1S/C41H54N3O8P/c1-9-10-24-50-53(44(28(2)3)29(4)5)52-36-25-38(43-26-30(6)39(45)42-40(43)46)51-37(36)27-49-41(31-14-12-11-13-15-31,32-16-20-34(47-7)21-17-32)33-18-22-35(48-8)23-19-33/h9,11-23,26,28-29,36-38,40,46H,1,10,24-25,27H2,2-8H3,(H,42,45). The lowest BCUT2D eigenvalue weighted by Crippen LogP contribution is -2.53. The van der Waals surface area contributed by atoms with Gasteiger partial charge in [-0.05, 0) is 82.0 Å². The zero-order valence-corrected chi connectivity index (χ0v) is 32.7. The number of ether oxygens (including phenoxy) is 4. The first-order valence-electron chi connectivity index (χ1n) is 18.1. The largest absolute Gasteiger partial charge is 0.497 e. The Morgan fingerprint density at radius 3 is 2.06 bits per heavy atom. The predicted octanol–water partition coefficient (Wildman–Crippen LogP) is 7.06. The SMILES string of the molecule is C=CCCOP(OC1CC(N2C=C(C)C(=O)NC2O)OC1COC(c1ccccc1)(c1ccc(OC)cc1)c1ccc(OC)cc1)N(C(C)C)C(C)C. The van der Waals surface area contributed by atoms with E-state index >= 15 is 0 Å². The van der Waals surface area contributed by atoms with Crippen LogP contribution in [0.1, 0.15) is 64.2 Å². The van der Waals surface area contributed by atoms with E-state index in [9.17, 15) is 9.90 Å². The van der Waals surface area contributed by atoms with Crippen molar-refractivity contribution in [1.29, 1.82) is 0 Å². The lowest BCUT2D eigenvalue weighted by molar-refractivity contribution is -0.149. The minimum Gasteiger partial charge on any atom is -0.497 e. The molecule has 1 fully saturated rings. The van der Waals surface area contributed by atoms with Crippen LogP contribution in [0.25, 0.3) is 0 Å². The molecule has 3 aromatic rings. The van der Waals surface area contributed by atoms with Crippen LogP contribution in [0.3, 0.4) is 0 Å². The third-order valence-electron chi connectivity index (χ3n) is 9.39. The van der Waals surface area contributed by atoms with E-state index in [-0.39, 0.29) is 24.6 Å². The van der Waals surface area contributed by atoms with Crippen LogP contribution in [-0.4, -0.2) is 84.9 Å². The number of nitrogens with zero attached hydrogens (tertiary/aromatic N) is 2. The molecule has 5 unspecified atom stereocenters. The van der Waals surface area contributed by atoms with E-state index in [2.05, 4.69) is 56.4 Å². The molecule has 2 aliphatic heterocycles. The number of amides is 1. The maximum atomic E-state index is 12.4. The van der Waals surface area contributed by atoms with E-state index in [0.717, 1.165) is 28.2 Å². The monoisotopic (exact) mass is 747 g/mol. The van der Waals surface area contributed by atoms with Gasteiger partial charge in [-0.25, -0.2) is 4.67 Å². The van der Waals surface area contributed by atoms with Crippen molar-refractivity contribution in [3.63, 3.8) is 0 Å². The summed E-state index contributed by atoms with van der Waals surface area (Å²) in [6, 6.07) is 26.1. The molecule has 2 aliphatic rings. The second kappa shape index (κ2) is 18.5. The van der Waals surface area contributed by atoms with Crippen molar-refractivity contribution < 1.29 is 37.9 Å². The zero-order chi connectivity index (χ0) is 38.1. The average molecular weight is 748 g/mol. The zero-order valence-electron chi connectivity index (χ0n) is 31.8. The molecule has 2 heterocycles. The summed E-state index contributed by atoms with van der Waals surface area (Å²) < 4.78 is 40.8. The van der Waals surface area contributed by atoms with Gasteiger partial charge in [0.15, 0.2) is 0 Å². The summed E-state index contributed by atoms with van der Waals surface area (Å²) in [4.78, 5) is 14.0. The Hall–Kier alpha value is -3.80. The molecule has 286 valence electrons. The molecule has 0 aromatic heterocycles. The molecule has 0 spiro atoms. The minimum absolute atomic E-state index is 0.103. The number of rotatable bonds is 18. The van der Waals surface area contributed by atoms with Gasteiger partial charge < -0.3 is 43.3 Å². The van der Waals surface area contributed by atoms with E-state index < -0.39 is 38.9 Å². The highest BCUT2D eigenvalue weighted by Crippen LogP contribution is 2.50. The number of hydrogen-bond donors (Lipinski definition) is 2. The molecule has 3 aromatic carbocycles. The Morgan fingerprint density at radius 1 is 0.962 bits per heavy atom. The number of carbonyl (C=O) groups excluding carboxylic acids is 1. The number of hydrogen-bond acceptors (Lipinski definition) is 10. The third kappa shape index (κ3) is 9.30. The van der Waals surface area contributed by atoms with E-state index in [1.807, 2.05) is 72.8 Å². The number of nitrogens with one attached hydrogen (secondary N) is 1. The molecule has 0 bridgehead atoms. The first-order chi connectivity index (χ1) is 25.5. The quantitative estimate of drug-likeness (QED) is 0.0608. The van der Waals surface area contributed by atoms with Gasteiger partial charge in [-0.15, -0.1) is 6.58 Å². The van der Waals surface area contributed by atoms with Crippen LogP contribution < -0.4 is 14.8 Å². The fourth-order valence-electron chi connectivity index (χ4n) is 6.78. The molecule has 5 atom stereocenters. The molecule has 12 heteroatoms. The first-order valence-corrected chi connectivity index (χ1v) is 19.2. The van der Waals surface area contributed by atoms with Crippen molar-refractivity contribution in [2.24, 2.45) is 0 Å². The van der Waals surface area contributed by atoms with Gasteiger partial charge in [-0.1, -0.05) is 60.7 Å². The fourth-order valence-corrected chi connectivity index (χ4v) is 8.55. The summed E-state index contributed by atoms with van der Waals surface area (Å²) in [6.07, 6.45) is 1.50. The number of benzene rings is 3. The number of carbonyl (C=O) groups is 1. The van der Waals surface area contributed by atoms with Crippen molar-refractivity contribution >= 4 is 14.4 Å². The Morgan fingerprint density at radius 2 is 1.53 bits per heavy atom. The van der Waals surface area contributed by atoms with E-state index in [1.54, 1.807) is 32.2 Å². The number of aliphatic hydroxyl groups is 1. The van der Waals surface area contributed by atoms with Gasteiger partial charge in [0.1, 0.15) is 29.4 Å². The van der Waals surface area contributed by atoms with Gasteiger partial charge in [-0.2, -0.15) is 0 Å². The van der Waals surface area contributed by atoms with Crippen LogP contribution in [0.2, 0.25) is 0 Å². The molecule has 5 rings (SSSR count). The Kier molecular flexibility index (Phi) is 14.1. The lowest BCUT2D eigenvalue weighted by atomic mass is 9.80. The summed E-state index contributed by atoms with van der Waals surface area (Å²) in [5.41, 5.74) is 2.05. The van der Waals surface area contributed by atoms with Crippen molar-refractivity contribution in [1.82, 2.24) is 14.9 Å². The van der Waals surface area contributed by atoms with Gasteiger partial charge in [0.25, 0.3) is 14.4 Å². The molecule has 0 saturated carbocycles. The maximum absolute atomic E-state index is 12.4. The average Bonchev–Trinajstić information content (AvgIpc) is 3.56. The second-order valence-corrected chi connectivity index (χ2v) is 15.1. The van der Waals surface area contributed by atoms with Gasteiger partial charge in [0.2, 0.25) is 6.35 Å². The molecule has 53 heavy (non-hydrogen) atoms. The van der Waals surface area contributed by atoms with Crippen molar-refractivity contribution in [2.75, 3.05) is 27.4 Å². The Balaban J connectivity index is 1.58. The van der Waals surface area contributed by atoms with Crippen LogP contribution in [0.4, 0.5) is 0 Å². The molecular formula is C41H54N3O8P. The summed E-state index contributed by atoms with van der Waals surface area (Å²) in [6.45, 7) is 14.6. The van der Waals surface area contributed by atoms with Gasteiger partial charge >= 0.3 is 0 Å². The summed E-state index contributed by atoms with van der Waals surface area (Å²) in [5.74, 6) is 1.11. The van der Waals surface area contributed by atoms with Crippen LogP contribution in [-0.2, 0) is 28.9 Å².